The van der Waals surface area contributed by atoms with Gasteiger partial charge in [0.15, 0.2) is 17.0 Å². The third-order valence-electron chi connectivity index (χ3n) is 13.6. The van der Waals surface area contributed by atoms with Crippen molar-refractivity contribution < 1.29 is 46.7 Å². The SMILES string of the molecule is CSc1nc(SC)c2ncc(C3(C#N)O[C@H](COCc4ccccc4)[C@@H](OCc4ccccc4)[C@@]3(C)F)n2n1.CSc1nc(SC)c2ncc(C3(OC(C)=O)O[C@H](COCc4ccccc4)[C@@H](OCc4ccccc4)[C@@]3(C)F)n2n1. The summed E-state index contributed by atoms with van der Waals surface area (Å²) in [5.74, 6) is -2.97. The predicted molar refractivity (Wildman–Crippen MR) is 300 cm³/mol. The number of hydrogen-bond acceptors (Lipinski definition) is 19. The molecule has 0 amide bonds. The number of benzene rings is 4. The molecule has 0 N–H and O–H groups in total. The summed E-state index contributed by atoms with van der Waals surface area (Å²) in [4.78, 5) is 30.5. The zero-order chi connectivity index (χ0) is 56.5. The van der Waals surface area contributed by atoms with Gasteiger partial charge in [-0.05, 0) is 61.1 Å². The molecular formula is C57H59F2N9O8S4. The first-order valence-electron chi connectivity index (χ1n) is 25.3. The maximum atomic E-state index is 17.4. The zero-order valence-corrected chi connectivity index (χ0v) is 48.2. The summed E-state index contributed by atoms with van der Waals surface area (Å²) in [6.45, 7) is 4.72. The molecule has 2 saturated heterocycles. The monoisotopic (exact) mass is 1160 g/mol. The van der Waals surface area contributed by atoms with E-state index < -0.39 is 53.1 Å². The quantitative estimate of drug-likeness (QED) is 0.0487. The molecular weight excluding hydrogens is 1100 g/mol. The largest absolute Gasteiger partial charge is 0.423 e. The first-order valence-corrected chi connectivity index (χ1v) is 30.2. The fraction of sp³-hybridized carbons (Fsp3) is 0.368. The fourth-order valence-corrected chi connectivity index (χ4v) is 11.5. The van der Waals surface area contributed by atoms with Gasteiger partial charge < -0.3 is 33.2 Å². The van der Waals surface area contributed by atoms with Crippen LogP contribution < -0.4 is 0 Å². The minimum atomic E-state index is -2.38. The van der Waals surface area contributed by atoms with Crippen molar-refractivity contribution in [3.8, 4) is 6.07 Å². The summed E-state index contributed by atoms with van der Waals surface area (Å²) in [5.41, 5.74) is -1.96. The van der Waals surface area contributed by atoms with Crippen LogP contribution in [0.4, 0.5) is 8.78 Å². The Morgan fingerprint density at radius 3 is 1.41 bits per heavy atom. The number of imidazole rings is 2. The van der Waals surface area contributed by atoms with Crippen molar-refractivity contribution in [1.29, 1.82) is 5.26 Å². The molecule has 10 rings (SSSR count). The van der Waals surface area contributed by atoms with Gasteiger partial charge in [-0.15, -0.1) is 33.7 Å². The van der Waals surface area contributed by atoms with E-state index in [1.807, 2.05) is 146 Å². The van der Waals surface area contributed by atoms with Gasteiger partial charge in [0.2, 0.25) is 21.6 Å². The van der Waals surface area contributed by atoms with Gasteiger partial charge in [-0.25, -0.2) is 37.7 Å². The number of nitriles is 1. The predicted octanol–water partition coefficient (Wildman–Crippen LogP) is 10.4. The van der Waals surface area contributed by atoms with E-state index in [1.54, 1.807) is 0 Å². The lowest BCUT2D eigenvalue weighted by molar-refractivity contribution is -0.272. The fourth-order valence-electron chi connectivity index (χ4n) is 9.68. The average molecular weight is 1160 g/mol. The summed E-state index contributed by atoms with van der Waals surface area (Å²) in [6, 6.07) is 40.4. The van der Waals surface area contributed by atoms with Gasteiger partial charge in [-0.3, -0.25) is 4.79 Å². The number of alkyl halides is 2. The molecule has 0 saturated carbocycles. The van der Waals surface area contributed by atoms with Crippen LogP contribution in [0.2, 0.25) is 0 Å². The molecule has 0 radical (unpaired) electrons. The van der Waals surface area contributed by atoms with Gasteiger partial charge in [0, 0.05) is 6.92 Å². The number of ether oxygens (including phenoxy) is 7. The van der Waals surface area contributed by atoms with Gasteiger partial charge in [-0.2, -0.15) is 5.26 Å². The Morgan fingerprint density at radius 2 is 1.00 bits per heavy atom. The highest BCUT2D eigenvalue weighted by molar-refractivity contribution is 7.99. The van der Waals surface area contributed by atoms with Crippen molar-refractivity contribution in [2.24, 2.45) is 0 Å². The van der Waals surface area contributed by atoms with E-state index in [9.17, 15) is 10.1 Å². The minimum Gasteiger partial charge on any atom is -0.423 e. The van der Waals surface area contributed by atoms with Gasteiger partial charge >= 0.3 is 5.97 Å². The minimum absolute atomic E-state index is 0.0191. The topological polar surface area (TPSA) is 192 Å². The van der Waals surface area contributed by atoms with E-state index in [0.29, 0.717) is 38.3 Å². The standard InChI is InChI=1S/C29H31FN4O5S2.C28H28FN5O3S2/c1-19(35)38-29(23-15-31-25-26(40-3)32-27(41-4)33-34(23)25)28(2,30)24(37-17-21-13-9-6-10-14-21)22(39-29)18-36-16-20-11-7-5-8-12-20;1-27(29)23(36-16-20-12-8-5-9-13-20)21(17-35-15-19-10-6-4-7-11-19)37-28(27,18-30)22-14-31-24-25(38-2)32-26(39-3)33-34(22)24/h5-15,22,24H,16-18H2,1-4H3;4-14,21,23H,15-17H2,1-3H3/t22-,24-,28-,29?;21-,23-,27-,28?/m11/s1. The highest BCUT2D eigenvalue weighted by Crippen LogP contribution is 2.53. The summed E-state index contributed by atoms with van der Waals surface area (Å²) < 4.78 is 80.3. The molecule has 2 aliphatic rings. The second kappa shape index (κ2) is 25.8. The average Bonchev–Trinajstić information content (AvgIpc) is 4.42. The van der Waals surface area contributed by atoms with Crippen LogP contribution in [0.5, 0.6) is 0 Å². The Kier molecular flexibility index (Phi) is 18.9. The highest BCUT2D eigenvalue weighted by atomic mass is 32.2. The van der Waals surface area contributed by atoms with Crippen molar-refractivity contribution in [2.45, 2.75) is 115 Å². The summed E-state index contributed by atoms with van der Waals surface area (Å²) in [6.07, 6.45) is 6.17. The maximum Gasteiger partial charge on any atom is 0.305 e. The molecule has 80 heavy (non-hydrogen) atoms. The van der Waals surface area contributed by atoms with Crippen molar-refractivity contribution >= 4 is 64.3 Å². The molecule has 4 aromatic heterocycles. The van der Waals surface area contributed by atoms with Crippen molar-refractivity contribution in [1.82, 2.24) is 39.2 Å². The van der Waals surface area contributed by atoms with Crippen molar-refractivity contribution in [2.75, 3.05) is 38.2 Å². The van der Waals surface area contributed by atoms with Gasteiger partial charge in [0.05, 0.1) is 52.0 Å². The molecule has 4 aromatic carbocycles. The highest BCUT2D eigenvalue weighted by Gasteiger charge is 2.71. The molecule has 2 fully saturated rings. The zero-order valence-electron chi connectivity index (χ0n) is 44.9. The number of carbonyl (C=O) groups excluding carboxylic acids is 1. The second-order valence-corrected chi connectivity index (χ2v) is 22.0. The second-order valence-electron chi connectivity index (χ2n) is 18.9. The van der Waals surface area contributed by atoms with Crippen LogP contribution in [-0.4, -0.2) is 119 Å². The van der Waals surface area contributed by atoms with E-state index >= 15 is 8.78 Å². The van der Waals surface area contributed by atoms with Gasteiger partial charge in [0.25, 0.3) is 5.79 Å². The molecule has 8 atom stereocenters. The van der Waals surface area contributed by atoms with Crippen LogP contribution in [0.3, 0.4) is 0 Å². The van der Waals surface area contributed by atoms with Crippen LogP contribution in [0.15, 0.2) is 154 Å². The third kappa shape index (κ3) is 12.0. The van der Waals surface area contributed by atoms with Crippen molar-refractivity contribution in [3.05, 3.63) is 167 Å². The summed E-state index contributed by atoms with van der Waals surface area (Å²) >= 11 is 5.44. The Bertz CT molecular complexity index is 3400. The maximum absolute atomic E-state index is 17.4. The number of halogens is 2. The molecule has 2 aliphatic heterocycles. The Hall–Kier alpha value is -6.04. The lowest BCUT2D eigenvalue weighted by Gasteiger charge is -2.36. The van der Waals surface area contributed by atoms with Crippen molar-refractivity contribution in [3.63, 3.8) is 0 Å². The van der Waals surface area contributed by atoms with Gasteiger partial charge in [-0.1, -0.05) is 145 Å². The normalized spacial score (nSPS) is 24.4. The molecule has 17 nitrogen and oxygen atoms in total. The number of hydrogen-bond donors (Lipinski definition) is 0. The van der Waals surface area contributed by atoms with Crippen LogP contribution in [0, 0.1) is 11.3 Å². The lowest BCUT2D eigenvalue weighted by Crippen LogP contribution is -2.52. The van der Waals surface area contributed by atoms with E-state index in [0.717, 1.165) is 22.3 Å². The molecule has 418 valence electrons. The number of esters is 1. The number of fused-ring (bicyclic) bond motifs is 2. The Morgan fingerprint density at radius 1 is 0.600 bits per heavy atom. The van der Waals surface area contributed by atoms with Crippen LogP contribution in [0.25, 0.3) is 11.3 Å². The molecule has 2 unspecified atom stereocenters. The molecule has 8 aromatic rings. The van der Waals surface area contributed by atoms with E-state index in [2.05, 4.69) is 36.2 Å². The number of thioether (sulfide) groups is 4. The Balaban J connectivity index is 0.000000194. The molecule has 0 aliphatic carbocycles. The lowest BCUT2D eigenvalue weighted by atomic mass is 9.82. The first-order chi connectivity index (χ1) is 38.7. The van der Waals surface area contributed by atoms with Crippen LogP contribution in [-0.2, 0) is 75.8 Å². The molecule has 23 heteroatoms. The number of nitrogens with zero attached hydrogens (tertiary/aromatic N) is 9. The summed E-state index contributed by atoms with van der Waals surface area (Å²) in [5, 5.41) is 21.8. The van der Waals surface area contributed by atoms with Gasteiger partial charge in [0.1, 0.15) is 51.9 Å². The smallest absolute Gasteiger partial charge is 0.305 e. The molecule has 0 bridgehead atoms. The summed E-state index contributed by atoms with van der Waals surface area (Å²) in [7, 11) is 0. The van der Waals surface area contributed by atoms with Crippen LogP contribution in [0.1, 0.15) is 54.4 Å². The number of carbonyl (C=O) groups is 1. The molecule has 6 heterocycles. The number of aromatic nitrogens is 8. The van der Waals surface area contributed by atoms with E-state index in [1.165, 1.54) is 89.2 Å². The number of rotatable bonds is 21. The van der Waals surface area contributed by atoms with Crippen LogP contribution >= 0.6 is 47.0 Å². The molecule has 0 spiro atoms. The third-order valence-corrected chi connectivity index (χ3v) is 16.0. The van der Waals surface area contributed by atoms with E-state index in [4.69, 9.17) is 33.2 Å². The Labute approximate surface area is 479 Å². The van der Waals surface area contributed by atoms with E-state index in [-0.39, 0.29) is 44.4 Å². The first kappa shape index (κ1) is 58.6.